The molecule has 8 rings (SSSR count). The zero-order valence-electron chi connectivity index (χ0n) is 33.9. The van der Waals surface area contributed by atoms with E-state index in [2.05, 4.69) is 27.5 Å². The van der Waals surface area contributed by atoms with Gasteiger partial charge in [-0.25, -0.2) is 9.78 Å². The van der Waals surface area contributed by atoms with E-state index in [1.54, 1.807) is 42.1 Å². The van der Waals surface area contributed by atoms with Crippen molar-refractivity contribution in [2.45, 2.75) is 94.5 Å². The van der Waals surface area contributed by atoms with Crippen LogP contribution in [-0.4, -0.2) is 120 Å². The van der Waals surface area contributed by atoms with Crippen LogP contribution >= 0.6 is 0 Å². The number of aryl methyl sites for hydroxylation is 2. The van der Waals surface area contributed by atoms with Gasteiger partial charge in [-0.3, -0.25) is 9.59 Å². The molecule has 2 aliphatic heterocycles. The van der Waals surface area contributed by atoms with Gasteiger partial charge in [-0.05, 0) is 70.0 Å². The molecule has 7 atom stereocenters. The number of aromatic amines is 2. The van der Waals surface area contributed by atoms with Crippen molar-refractivity contribution in [3.8, 4) is 11.4 Å². The number of aliphatic hydroxyl groups is 5. The largest absolute Gasteiger partial charge is 0.482 e. The number of ether oxygens (including phenoxy) is 1. The predicted octanol–water partition coefficient (Wildman–Crippen LogP) is 2.24. The van der Waals surface area contributed by atoms with E-state index in [0.717, 1.165) is 22.1 Å². The van der Waals surface area contributed by atoms with E-state index in [1.807, 2.05) is 30.1 Å². The molecule has 1 fully saturated rings. The number of aliphatic hydroxyl groups excluding tert-OH is 4. The third-order valence-electron chi connectivity index (χ3n) is 12.5. The highest BCUT2D eigenvalue weighted by molar-refractivity contribution is 5.92. The van der Waals surface area contributed by atoms with Crippen molar-refractivity contribution in [3.63, 3.8) is 0 Å². The Balaban J connectivity index is 1.18. The number of carbonyl (C=O) groups is 1. The SMILES string of the molecule is CCc1c2cc[nH]c2cn1-c1c2c(cc3c(=O)cc(C)oc13)CC(OOCC(O)C(O)(Cn1ccc3[nH]ccc31)C(O)C(O)CO)C(CCNC)(CCC1CNC(=O)C1)O2. The van der Waals surface area contributed by atoms with Crippen LogP contribution < -0.4 is 20.8 Å². The number of hydrogen-bond donors (Lipinski definition) is 9. The number of nitrogens with zero attached hydrogens (tertiary/aromatic N) is 2. The molecule has 322 valence electrons. The Hall–Kier alpha value is -4.98. The first-order chi connectivity index (χ1) is 28.9. The summed E-state index contributed by atoms with van der Waals surface area (Å²) in [7, 11) is 1.83. The summed E-state index contributed by atoms with van der Waals surface area (Å²) in [5.74, 6) is 0.982. The highest BCUT2D eigenvalue weighted by Gasteiger charge is 2.50. The summed E-state index contributed by atoms with van der Waals surface area (Å²) < 4.78 is 17.3. The minimum atomic E-state index is -2.42. The molecule has 0 radical (unpaired) electrons. The first-order valence-corrected chi connectivity index (χ1v) is 20.6. The molecule has 6 aromatic rings. The van der Waals surface area contributed by atoms with Crippen LogP contribution in [0.3, 0.4) is 0 Å². The van der Waals surface area contributed by atoms with Crippen molar-refractivity contribution in [2.75, 3.05) is 33.4 Å². The summed E-state index contributed by atoms with van der Waals surface area (Å²) in [5, 5.41) is 62.4. The first kappa shape index (κ1) is 41.7. The predicted molar refractivity (Wildman–Crippen MR) is 221 cm³/mol. The second-order valence-electron chi connectivity index (χ2n) is 16.3. The average Bonchev–Trinajstić information content (AvgIpc) is 4.08. The van der Waals surface area contributed by atoms with Crippen LogP contribution in [0.4, 0.5) is 0 Å². The number of hydrogen-bond acceptors (Lipinski definition) is 12. The van der Waals surface area contributed by atoms with Gasteiger partial charge in [0.15, 0.2) is 16.8 Å². The van der Waals surface area contributed by atoms with Crippen LogP contribution in [0, 0.1) is 12.8 Å². The molecule has 17 nitrogen and oxygen atoms in total. The fourth-order valence-corrected chi connectivity index (χ4v) is 9.10. The molecule has 0 spiro atoms. The second-order valence-corrected chi connectivity index (χ2v) is 16.3. The number of rotatable bonds is 18. The van der Waals surface area contributed by atoms with Crippen LogP contribution in [0.25, 0.3) is 38.6 Å². The minimum absolute atomic E-state index is 0.0167. The number of nitrogens with one attached hydrogen (secondary N) is 4. The van der Waals surface area contributed by atoms with Gasteiger partial charge in [0.1, 0.15) is 53.7 Å². The Labute approximate surface area is 344 Å². The number of carbonyl (C=O) groups excluding carboxylic acids is 1. The third kappa shape index (κ3) is 7.53. The molecule has 60 heavy (non-hydrogen) atoms. The van der Waals surface area contributed by atoms with Gasteiger partial charge in [0.2, 0.25) is 5.91 Å². The summed E-state index contributed by atoms with van der Waals surface area (Å²) in [4.78, 5) is 44.5. The van der Waals surface area contributed by atoms with Gasteiger partial charge in [-0.15, -0.1) is 0 Å². The molecule has 1 amide bonds. The lowest BCUT2D eigenvalue weighted by atomic mass is 9.79. The number of aromatic nitrogens is 4. The van der Waals surface area contributed by atoms with Gasteiger partial charge in [0.05, 0.1) is 35.1 Å². The molecule has 0 bridgehead atoms. The zero-order valence-corrected chi connectivity index (χ0v) is 33.9. The van der Waals surface area contributed by atoms with Gasteiger partial charge < -0.3 is 64.4 Å². The fraction of sp³-hybridized carbons (Fsp3) is 0.488. The topological polar surface area (TPSA) is 242 Å². The number of fused-ring (bicyclic) bond motifs is 4. The molecular weight excluding hydrogens is 777 g/mol. The monoisotopic (exact) mass is 830 g/mol. The van der Waals surface area contributed by atoms with Crippen LogP contribution in [0.15, 0.2) is 64.3 Å². The lowest BCUT2D eigenvalue weighted by molar-refractivity contribution is -0.367. The van der Waals surface area contributed by atoms with E-state index in [-0.39, 0.29) is 30.2 Å². The van der Waals surface area contributed by atoms with E-state index in [9.17, 15) is 35.1 Å². The molecular formula is C43H54N6O11. The maximum absolute atomic E-state index is 13.7. The number of amides is 1. The second kappa shape index (κ2) is 16.8. The summed E-state index contributed by atoms with van der Waals surface area (Å²) in [6, 6.07) is 8.75. The fourth-order valence-electron chi connectivity index (χ4n) is 9.10. The zero-order chi connectivity index (χ0) is 42.3. The lowest BCUT2D eigenvalue weighted by Crippen LogP contribution is -2.61. The molecule has 5 aromatic heterocycles. The first-order valence-electron chi connectivity index (χ1n) is 20.6. The minimum Gasteiger partial charge on any atom is -0.482 e. The maximum Gasteiger partial charge on any atom is 0.220 e. The van der Waals surface area contributed by atoms with Gasteiger partial charge in [0.25, 0.3) is 0 Å². The molecule has 2 aliphatic rings. The van der Waals surface area contributed by atoms with Crippen molar-refractivity contribution in [3.05, 3.63) is 82.4 Å². The highest BCUT2D eigenvalue weighted by Crippen LogP contribution is 2.47. The smallest absolute Gasteiger partial charge is 0.220 e. The van der Waals surface area contributed by atoms with Crippen molar-refractivity contribution in [1.29, 1.82) is 0 Å². The molecule has 9 N–H and O–H groups in total. The summed E-state index contributed by atoms with van der Waals surface area (Å²) in [5.41, 5.74) is 1.17. The van der Waals surface area contributed by atoms with Crippen LogP contribution in [0.2, 0.25) is 0 Å². The van der Waals surface area contributed by atoms with E-state index in [0.29, 0.717) is 84.4 Å². The molecule has 0 aliphatic carbocycles. The normalized spacial score (nSPS) is 21.9. The van der Waals surface area contributed by atoms with Crippen molar-refractivity contribution < 1.29 is 49.3 Å². The van der Waals surface area contributed by atoms with Gasteiger partial charge in [-0.1, -0.05) is 6.92 Å². The Morgan fingerprint density at radius 2 is 1.87 bits per heavy atom. The van der Waals surface area contributed by atoms with Gasteiger partial charge >= 0.3 is 0 Å². The molecule has 17 heteroatoms. The number of H-pyrrole nitrogens is 2. The van der Waals surface area contributed by atoms with E-state index >= 15 is 0 Å². The Morgan fingerprint density at radius 1 is 1.07 bits per heavy atom. The number of benzene rings is 1. The summed E-state index contributed by atoms with van der Waals surface area (Å²) >= 11 is 0. The van der Waals surface area contributed by atoms with Gasteiger partial charge in [0, 0.05) is 73.3 Å². The third-order valence-corrected chi connectivity index (χ3v) is 12.5. The van der Waals surface area contributed by atoms with Gasteiger partial charge in [-0.2, -0.15) is 0 Å². The van der Waals surface area contributed by atoms with Crippen LogP contribution in [-0.2, 0) is 34.0 Å². The molecule has 0 saturated carbocycles. The van der Waals surface area contributed by atoms with Crippen molar-refractivity contribution in [1.82, 2.24) is 29.7 Å². The standard InChI is InChI=1S/C43H54N6O11/c1-4-31-27-6-11-46-30(27)20-49(31)38-39-26(17-28-33(51)15-24(2)58-40(28)38)18-36(42(59-39,10-13-44-3)9-5-25-16-37(54)47-19-25)60-57-22-35(53)43(56,41(55)34(52)21-50)23-48-14-8-29-32(48)7-12-45-29/h6-8,11-12,14-15,17,20,25,34-36,41,44-46,50,52-53,55-56H,4-5,9-10,13,16,18-19,21-23H2,1-3H3,(H,47,54). The summed E-state index contributed by atoms with van der Waals surface area (Å²) in [6.07, 6.45) is 3.44. The van der Waals surface area contributed by atoms with E-state index in [1.165, 1.54) is 6.07 Å². The van der Waals surface area contributed by atoms with E-state index < -0.39 is 48.8 Å². The quantitative estimate of drug-likeness (QED) is 0.0448. The summed E-state index contributed by atoms with van der Waals surface area (Å²) in [6.45, 7) is 2.92. The van der Waals surface area contributed by atoms with E-state index in [4.69, 9.17) is 18.9 Å². The molecule has 1 saturated heterocycles. The Kier molecular flexibility index (Phi) is 11.7. The molecule has 1 aromatic carbocycles. The molecule has 7 unspecified atom stereocenters. The van der Waals surface area contributed by atoms with Crippen LogP contribution in [0.5, 0.6) is 5.75 Å². The average molecular weight is 831 g/mol. The lowest BCUT2D eigenvalue weighted by Gasteiger charge is -2.45. The Bertz CT molecular complexity index is 2540. The highest BCUT2D eigenvalue weighted by atomic mass is 17.2. The van der Waals surface area contributed by atoms with Crippen molar-refractivity contribution in [2.24, 2.45) is 5.92 Å². The molecule has 7 heterocycles. The maximum atomic E-state index is 13.7. The Morgan fingerprint density at radius 3 is 2.62 bits per heavy atom. The van der Waals surface area contributed by atoms with Crippen LogP contribution in [0.1, 0.15) is 49.6 Å². The van der Waals surface area contributed by atoms with Crippen molar-refractivity contribution >= 4 is 38.8 Å².